The standard InChI is InChI=1S/C20H28N6O.HI/c1-21-20(22-11-15-10-17(15)14-6-4-3-5-7-14)23-16-8-9-19-24-18(13-27-2)25-26(19)12-16;/h3-7,15-17H,8-13H2,1-2H3,(H2,21,22,23);1H. The summed E-state index contributed by atoms with van der Waals surface area (Å²) < 4.78 is 7.13. The minimum atomic E-state index is 0. The zero-order chi connectivity index (χ0) is 18.6. The fourth-order valence-corrected chi connectivity index (χ4v) is 3.87. The molecule has 1 aromatic heterocycles. The Labute approximate surface area is 183 Å². The van der Waals surface area contributed by atoms with Crippen molar-refractivity contribution in [3.05, 3.63) is 47.5 Å². The number of aromatic nitrogens is 3. The molecule has 2 heterocycles. The molecule has 0 bridgehead atoms. The zero-order valence-electron chi connectivity index (χ0n) is 16.5. The summed E-state index contributed by atoms with van der Waals surface area (Å²) in [6.45, 7) is 2.23. The number of aliphatic imine (C=N–C) groups is 1. The van der Waals surface area contributed by atoms with Crippen molar-refractivity contribution in [2.24, 2.45) is 10.9 Å². The summed E-state index contributed by atoms with van der Waals surface area (Å²) in [7, 11) is 3.50. The average molecular weight is 496 g/mol. The van der Waals surface area contributed by atoms with Gasteiger partial charge in [-0.15, -0.1) is 24.0 Å². The van der Waals surface area contributed by atoms with Gasteiger partial charge in [-0.2, -0.15) is 5.10 Å². The Morgan fingerprint density at radius 2 is 2.14 bits per heavy atom. The SMILES string of the molecule is CN=C(NCC1CC1c1ccccc1)NC1CCc2nc(COC)nn2C1.I. The highest BCUT2D eigenvalue weighted by molar-refractivity contribution is 14.0. The molecule has 3 atom stereocenters. The Bertz CT molecular complexity index is 793. The van der Waals surface area contributed by atoms with Crippen molar-refractivity contribution in [2.75, 3.05) is 20.7 Å². The molecule has 1 fully saturated rings. The second-order valence-corrected chi connectivity index (χ2v) is 7.41. The van der Waals surface area contributed by atoms with Crippen molar-refractivity contribution < 1.29 is 4.74 Å². The number of nitrogens with zero attached hydrogens (tertiary/aromatic N) is 4. The van der Waals surface area contributed by atoms with Gasteiger partial charge >= 0.3 is 0 Å². The van der Waals surface area contributed by atoms with Crippen LogP contribution in [0.1, 0.15) is 36.0 Å². The lowest BCUT2D eigenvalue weighted by Gasteiger charge is -2.25. The third-order valence-electron chi connectivity index (χ3n) is 5.42. The molecule has 8 heteroatoms. The molecule has 1 saturated carbocycles. The minimum Gasteiger partial charge on any atom is -0.377 e. The molecule has 0 spiro atoms. The van der Waals surface area contributed by atoms with Crippen LogP contribution in [0.5, 0.6) is 0 Å². The molecule has 2 aromatic rings. The van der Waals surface area contributed by atoms with Crippen LogP contribution in [0.3, 0.4) is 0 Å². The summed E-state index contributed by atoms with van der Waals surface area (Å²) in [5, 5.41) is 11.6. The van der Waals surface area contributed by atoms with Crippen LogP contribution in [-0.4, -0.2) is 47.5 Å². The van der Waals surface area contributed by atoms with Crippen LogP contribution in [0.25, 0.3) is 0 Å². The van der Waals surface area contributed by atoms with Crippen molar-refractivity contribution in [1.29, 1.82) is 0 Å². The molecule has 28 heavy (non-hydrogen) atoms. The second kappa shape index (κ2) is 9.69. The van der Waals surface area contributed by atoms with Crippen LogP contribution < -0.4 is 10.6 Å². The number of aryl methyl sites for hydroxylation is 1. The van der Waals surface area contributed by atoms with E-state index in [-0.39, 0.29) is 24.0 Å². The van der Waals surface area contributed by atoms with E-state index in [0.717, 1.165) is 43.5 Å². The maximum atomic E-state index is 5.13. The van der Waals surface area contributed by atoms with Crippen molar-refractivity contribution in [1.82, 2.24) is 25.4 Å². The highest BCUT2D eigenvalue weighted by Crippen LogP contribution is 2.46. The molecule has 0 amide bonds. The summed E-state index contributed by atoms with van der Waals surface area (Å²) in [6, 6.07) is 11.1. The molecule has 7 nitrogen and oxygen atoms in total. The first kappa shape index (κ1) is 21.0. The van der Waals surface area contributed by atoms with E-state index in [1.54, 1.807) is 7.11 Å². The Kier molecular flexibility index (Phi) is 7.28. The number of benzene rings is 1. The van der Waals surface area contributed by atoms with Gasteiger partial charge in [0.2, 0.25) is 0 Å². The van der Waals surface area contributed by atoms with Crippen molar-refractivity contribution in [3.63, 3.8) is 0 Å². The lowest BCUT2D eigenvalue weighted by Crippen LogP contribution is -2.47. The fraction of sp³-hybridized carbons (Fsp3) is 0.550. The molecule has 152 valence electrons. The first-order valence-corrected chi connectivity index (χ1v) is 9.70. The van der Waals surface area contributed by atoms with Crippen molar-refractivity contribution in [3.8, 4) is 0 Å². The normalized spacial score (nSPS) is 23.5. The molecule has 1 aliphatic carbocycles. The van der Waals surface area contributed by atoms with E-state index >= 15 is 0 Å². The monoisotopic (exact) mass is 496 g/mol. The van der Waals surface area contributed by atoms with Crippen LogP contribution in [-0.2, 0) is 24.3 Å². The summed E-state index contributed by atoms with van der Waals surface area (Å²) >= 11 is 0. The van der Waals surface area contributed by atoms with E-state index in [1.165, 1.54) is 12.0 Å². The molecule has 0 saturated heterocycles. The lowest BCUT2D eigenvalue weighted by atomic mass is 10.1. The molecule has 2 aliphatic rings. The highest BCUT2D eigenvalue weighted by atomic mass is 127. The van der Waals surface area contributed by atoms with Gasteiger partial charge in [0, 0.05) is 33.2 Å². The number of fused-ring (bicyclic) bond motifs is 1. The first-order chi connectivity index (χ1) is 13.3. The van der Waals surface area contributed by atoms with Gasteiger partial charge < -0.3 is 15.4 Å². The number of nitrogens with one attached hydrogen (secondary N) is 2. The number of hydrogen-bond donors (Lipinski definition) is 2. The van der Waals surface area contributed by atoms with Gasteiger partial charge in [0.15, 0.2) is 11.8 Å². The molecule has 4 rings (SSSR count). The van der Waals surface area contributed by atoms with Crippen molar-refractivity contribution >= 4 is 29.9 Å². The Morgan fingerprint density at radius 3 is 2.89 bits per heavy atom. The third-order valence-corrected chi connectivity index (χ3v) is 5.42. The van der Waals surface area contributed by atoms with E-state index in [4.69, 9.17) is 4.74 Å². The third kappa shape index (κ3) is 5.02. The topological polar surface area (TPSA) is 76.4 Å². The maximum absolute atomic E-state index is 5.13. The van der Waals surface area contributed by atoms with Gasteiger partial charge in [-0.1, -0.05) is 30.3 Å². The largest absolute Gasteiger partial charge is 0.377 e. The number of hydrogen-bond acceptors (Lipinski definition) is 4. The molecular weight excluding hydrogens is 467 g/mol. The van der Waals surface area contributed by atoms with Crippen LogP contribution in [0.2, 0.25) is 0 Å². The van der Waals surface area contributed by atoms with E-state index in [2.05, 4.69) is 56.0 Å². The molecule has 3 unspecified atom stereocenters. The van der Waals surface area contributed by atoms with Gasteiger partial charge in [-0.05, 0) is 30.2 Å². The summed E-state index contributed by atoms with van der Waals surface area (Å²) in [4.78, 5) is 8.93. The fourth-order valence-electron chi connectivity index (χ4n) is 3.87. The van der Waals surface area contributed by atoms with Crippen molar-refractivity contribution in [2.45, 2.75) is 44.4 Å². The van der Waals surface area contributed by atoms with Gasteiger partial charge in [0.25, 0.3) is 0 Å². The number of rotatable bonds is 6. The summed E-state index contributed by atoms with van der Waals surface area (Å²) in [5.41, 5.74) is 1.45. The predicted octanol–water partition coefficient (Wildman–Crippen LogP) is 2.33. The van der Waals surface area contributed by atoms with Gasteiger partial charge in [-0.3, -0.25) is 4.99 Å². The minimum absolute atomic E-state index is 0. The number of halogens is 1. The summed E-state index contributed by atoms with van der Waals surface area (Å²) in [6.07, 6.45) is 3.20. The van der Waals surface area contributed by atoms with E-state index in [9.17, 15) is 0 Å². The predicted molar refractivity (Wildman–Crippen MR) is 120 cm³/mol. The second-order valence-electron chi connectivity index (χ2n) is 7.41. The molecule has 0 radical (unpaired) electrons. The number of guanidine groups is 1. The zero-order valence-corrected chi connectivity index (χ0v) is 18.8. The highest BCUT2D eigenvalue weighted by Gasteiger charge is 2.38. The molecule has 1 aromatic carbocycles. The van der Waals surface area contributed by atoms with Crippen LogP contribution in [0.15, 0.2) is 35.3 Å². The maximum Gasteiger partial charge on any atom is 0.191 e. The van der Waals surface area contributed by atoms with Gasteiger partial charge in [-0.25, -0.2) is 9.67 Å². The average Bonchev–Trinajstić information content (AvgIpc) is 3.37. The quantitative estimate of drug-likeness (QED) is 0.365. The number of methoxy groups -OCH3 is 1. The number of ether oxygens (including phenoxy) is 1. The van der Waals surface area contributed by atoms with Crippen LogP contribution in [0.4, 0.5) is 0 Å². The molecule has 1 aliphatic heterocycles. The molecule has 2 N–H and O–H groups in total. The Hall–Kier alpha value is -1.68. The van der Waals surface area contributed by atoms with Gasteiger partial charge in [0.1, 0.15) is 12.4 Å². The van der Waals surface area contributed by atoms with E-state index in [1.807, 2.05) is 11.7 Å². The van der Waals surface area contributed by atoms with Crippen LogP contribution >= 0.6 is 24.0 Å². The lowest BCUT2D eigenvalue weighted by molar-refractivity contribution is 0.177. The Morgan fingerprint density at radius 1 is 1.32 bits per heavy atom. The van der Waals surface area contributed by atoms with Crippen LogP contribution in [0, 0.1) is 5.92 Å². The Balaban J connectivity index is 0.00000225. The molecular formula is C20H29IN6O. The van der Waals surface area contributed by atoms with Gasteiger partial charge in [0.05, 0.1) is 6.54 Å². The van der Waals surface area contributed by atoms with E-state index in [0.29, 0.717) is 24.5 Å². The smallest absolute Gasteiger partial charge is 0.191 e. The first-order valence-electron chi connectivity index (χ1n) is 9.70. The van der Waals surface area contributed by atoms with E-state index < -0.39 is 0 Å². The summed E-state index contributed by atoms with van der Waals surface area (Å²) in [5.74, 6) is 4.06.